The number of rotatable bonds is 3. The molecule has 0 radical (unpaired) electrons. The molecule has 3 aromatic rings. The molecule has 0 bridgehead atoms. The first-order valence-corrected chi connectivity index (χ1v) is 7.41. The van der Waals surface area contributed by atoms with E-state index in [-0.39, 0.29) is 0 Å². The number of hydrogen-bond donors (Lipinski definition) is 1. The number of thiophene rings is 1. The van der Waals surface area contributed by atoms with Gasteiger partial charge in [-0.25, -0.2) is 0 Å². The van der Waals surface area contributed by atoms with Crippen LogP contribution in [0.15, 0.2) is 53.9 Å². The lowest BCUT2D eigenvalue weighted by atomic mass is 9.85. The van der Waals surface area contributed by atoms with E-state index in [0.29, 0.717) is 0 Å². The highest BCUT2D eigenvalue weighted by molar-refractivity contribution is 7.17. The normalized spacial score (nSPS) is 14.2. The van der Waals surface area contributed by atoms with Gasteiger partial charge in [0.05, 0.1) is 12.6 Å². The van der Waals surface area contributed by atoms with Crippen molar-refractivity contribution in [2.75, 3.05) is 7.11 Å². The molecule has 0 aliphatic carbocycles. The van der Waals surface area contributed by atoms with E-state index in [9.17, 15) is 0 Å². The molecule has 1 heterocycles. The highest BCUT2D eigenvalue weighted by atomic mass is 32.1. The Bertz CT molecular complexity index is 728. The lowest BCUT2D eigenvalue weighted by molar-refractivity contribution is 0.414. The average Bonchev–Trinajstić information content (AvgIpc) is 2.95. The Morgan fingerprint density at radius 1 is 1.05 bits per heavy atom. The van der Waals surface area contributed by atoms with Crippen molar-refractivity contribution in [3.05, 3.63) is 65.0 Å². The van der Waals surface area contributed by atoms with Crippen LogP contribution in [0.5, 0.6) is 5.75 Å². The van der Waals surface area contributed by atoms with Gasteiger partial charge in [0.2, 0.25) is 0 Å². The van der Waals surface area contributed by atoms with Crippen LogP contribution in [0.1, 0.15) is 18.1 Å². The van der Waals surface area contributed by atoms with E-state index in [1.165, 1.54) is 10.1 Å². The number of nitrogens with two attached hydrogens (primary N) is 1. The Labute approximate surface area is 122 Å². The average molecular weight is 283 g/mol. The van der Waals surface area contributed by atoms with Crippen LogP contribution in [0, 0.1) is 0 Å². The molecule has 20 heavy (non-hydrogen) atoms. The molecule has 102 valence electrons. The number of hydrogen-bond acceptors (Lipinski definition) is 3. The van der Waals surface area contributed by atoms with E-state index in [4.69, 9.17) is 10.5 Å². The summed E-state index contributed by atoms with van der Waals surface area (Å²) in [5.41, 5.74) is 8.37. The van der Waals surface area contributed by atoms with Gasteiger partial charge in [-0.15, -0.1) is 11.3 Å². The first-order chi connectivity index (χ1) is 9.63. The molecule has 3 heteroatoms. The van der Waals surface area contributed by atoms with Crippen LogP contribution in [0.2, 0.25) is 0 Å². The molecule has 0 saturated carbocycles. The van der Waals surface area contributed by atoms with Crippen LogP contribution < -0.4 is 10.5 Å². The third-order valence-electron chi connectivity index (χ3n) is 3.73. The van der Waals surface area contributed by atoms with Gasteiger partial charge in [0, 0.05) is 4.70 Å². The number of ether oxygens (including phenoxy) is 1. The van der Waals surface area contributed by atoms with E-state index < -0.39 is 5.54 Å². The standard InChI is InChI=1S/C17H17NOS/c1-17(18,13-6-8-14(19-2)9-7-13)15-5-3-4-12-10-11-20-16(12)15/h3-11H,18H2,1-2H3. The molecule has 0 fully saturated rings. The molecule has 1 unspecified atom stereocenters. The Kier molecular flexibility index (Phi) is 3.24. The Morgan fingerprint density at radius 2 is 1.80 bits per heavy atom. The highest BCUT2D eigenvalue weighted by Gasteiger charge is 2.26. The van der Waals surface area contributed by atoms with Crippen molar-refractivity contribution in [3.63, 3.8) is 0 Å². The smallest absolute Gasteiger partial charge is 0.118 e. The van der Waals surface area contributed by atoms with Gasteiger partial charge in [-0.3, -0.25) is 0 Å². The van der Waals surface area contributed by atoms with E-state index in [1.807, 2.05) is 24.3 Å². The first-order valence-electron chi connectivity index (χ1n) is 6.53. The maximum absolute atomic E-state index is 6.64. The lowest BCUT2D eigenvalue weighted by Gasteiger charge is -2.26. The van der Waals surface area contributed by atoms with Crippen LogP contribution in [-0.2, 0) is 5.54 Å². The van der Waals surface area contributed by atoms with Crippen molar-refractivity contribution in [2.45, 2.75) is 12.5 Å². The van der Waals surface area contributed by atoms with Gasteiger partial charge in [-0.05, 0) is 47.0 Å². The fourth-order valence-corrected chi connectivity index (χ4v) is 3.52. The third kappa shape index (κ3) is 2.09. The maximum Gasteiger partial charge on any atom is 0.118 e. The molecule has 0 spiro atoms. The molecule has 2 nitrogen and oxygen atoms in total. The van der Waals surface area contributed by atoms with Gasteiger partial charge in [0.25, 0.3) is 0 Å². The quantitative estimate of drug-likeness (QED) is 0.784. The minimum absolute atomic E-state index is 0.517. The second kappa shape index (κ2) is 4.93. The second-order valence-electron chi connectivity index (χ2n) is 5.08. The molecule has 2 N–H and O–H groups in total. The Morgan fingerprint density at radius 3 is 2.50 bits per heavy atom. The second-order valence-corrected chi connectivity index (χ2v) is 5.99. The van der Waals surface area contributed by atoms with Gasteiger partial charge in [0.1, 0.15) is 5.75 Å². The van der Waals surface area contributed by atoms with Gasteiger partial charge in [-0.1, -0.05) is 30.3 Å². The van der Waals surface area contributed by atoms with Crippen molar-refractivity contribution >= 4 is 21.4 Å². The SMILES string of the molecule is COc1ccc(C(C)(N)c2cccc3ccsc23)cc1. The van der Waals surface area contributed by atoms with Crippen molar-refractivity contribution in [1.82, 2.24) is 0 Å². The zero-order valence-electron chi connectivity index (χ0n) is 11.6. The minimum Gasteiger partial charge on any atom is -0.497 e. The summed E-state index contributed by atoms with van der Waals surface area (Å²) in [4.78, 5) is 0. The van der Waals surface area contributed by atoms with Crippen LogP contribution in [0.25, 0.3) is 10.1 Å². The number of benzene rings is 2. The summed E-state index contributed by atoms with van der Waals surface area (Å²) in [6.07, 6.45) is 0. The van der Waals surface area contributed by atoms with E-state index in [2.05, 4.69) is 36.6 Å². The fourth-order valence-electron chi connectivity index (χ4n) is 2.49. The fraction of sp³-hybridized carbons (Fsp3) is 0.176. The topological polar surface area (TPSA) is 35.2 Å². The summed E-state index contributed by atoms with van der Waals surface area (Å²) in [7, 11) is 1.67. The highest BCUT2D eigenvalue weighted by Crippen LogP contribution is 2.35. The summed E-state index contributed by atoms with van der Waals surface area (Å²) < 4.78 is 6.46. The lowest BCUT2D eigenvalue weighted by Crippen LogP contribution is -2.34. The predicted molar refractivity (Wildman–Crippen MR) is 85.5 cm³/mol. The molecule has 1 aromatic heterocycles. The van der Waals surface area contributed by atoms with Gasteiger partial charge in [0.15, 0.2) is 0 Å². The first kappa shape index (κ1) is 13.2. The van der Waals surface area contributed by atoms with Crippen LogP contribution in [-0.4, -0.2) is 7.11 Å². The minimum atomic E-state index is -0.517. The van der Waals surface area contributed by atoms with Crippen LogP contribution in [0.3, 0.4) is 0 Å². The molecule has 3 rings (SSSR count). The number of methoxy groups -OCH3 is 1. The van der Waals surface area contributed by atoms with Crippen LogP contribution >= 0.6 is 11.3 Å². The predicted octanol–water partition coefficient (Wildman–Crippen LogP) is 4.13. The van der Waals surface area contributed by atoms with E-state index in [0.717, 1.165) is 16.9 Å². The van der Waals surface area contributed by atoms with Crippen molar-refractivity contribution < 1.29 is 4.74 Å². The Balaban J connectivity index is 2.12. The van der Waals surface area contributed by atoms with Crippen molar-refractivity contribution in [3.8, 4) is 5.75 Å². The third-order valence-corrected chi connectivity index (χ3v) is 4.69. The van der Waals surface area contributed by atoms with Gasteiger partial charge < -0.3 is 10.5 Å². The molecule has 0 aliphatic rings. The van der Waals surface area contributed by atoms with E-state index in [1.54, 1.807) is 18.4 Å². The molecule has 2 aromatic carbocycles. The monoisotopic (exact) mass is 283 g/mol. The number of fused-ring (bicyclic) bond motifs is 1. The van der Waals surface area contributed by atoms with E-state index >= 15 is 0 Å². The van der Waals surface area contributed by atoms with Crippen LogP contribution in [0.4, 0.5) is 0 Å². The molecule has 0 aliphatic heterocycles. The zero-order chi connectivity index (χ0) is 14.2. The van der Waals surface area contributed by atoms with Crippen molar-refractivity contribution in [2.24, 2.45) is 5.73 Å². The molecular formula is C17H17NOS. The molecule has 0 amide bonds. The summed E-state index contributed by atoms with van der Waals surface area (Å²) in [5, 5.41) is 3.36. The molecule has 0 saturated heterocycles. The largest absolute Gasteiger partial charge is 0.497 e. The Hall–Kier alpha value is -1.84. The molecular weight excluding hydrogens is 266 g/mol. The van der Waals surface area contributed by atoms with Gasteiger partial charge >= 0.3 is 0 Å². The zero-order valence-corrected chi connectivity index (χ0v) is 12.4. The molecule has 1 atom stereocenters. The summed E-state index contributed by atoms with van der Waals surface area (Å²) in [5.74, 6) is 0.846. The van der Waals surface area contributed by atoms with Crippen molar-refractivity contribution in [1.29, 1.82) is 0 Å². The van der Waals surface area contributed by atoms with Gasteiger partial charge in [-0.2, -0.15) is 0 Å². The summed E-state index contributed by atoms with van der Waals surface area (Å²) >= 11 is 1.74. The summed E-state index contributed by atoms with van der Waals surface area (Å²) in [6, 6.07) is 16.4. The summed E-state index contributed by atoms with van der Waals surface area (Å²) in [6.45, 7) is 2.06. The maximum atomic E-state index is 6.64.